The van der Waals surface area contributed by atoms with Crippen molar-refractivity contribution in [2.24, 2.45) is 0 Å². The highest BCUT2D eigenvalue weighted by Gasteiger charge is 2.53. The molecular formula is C10H15N3O5. The van der Waals surface area contributed by atoms with Crippen LogP contribution in [0.25, 0.3) is 0 Å². The molecule has 0 aromatic carbocycles. The third-order valence-corrected chi connectivity index (χ3v) is 3.04. The van der Waals surface area contributed by atoms with Gasteiger partial charge >= 0.3 is 5.69 Å². The Kier molecular flexibility index (Phi) is 3.11. The highest BCUT2D eigenvalue weighted by atomic mass is 16.6. The van der Waals surface area contributed by atoms with E-state index in [9.17, 15) is 15.0 Å². The maximum Gasteiger partial charge on any atom is 0.351 e. The second-order valence-electron chi connectivity index (χ2n) is 4.42. The number of hydrogen-bond acceptors (Lipinski definition) is 7. The van der Waals surface area contributed by atoms with Crippen LogP contribution in [0.4, 0.5) is 5.82 Å². The maximum absolute atomic E-state index is 11.7. The minimum Gasteiger partial charge on any atom is -0.394 e. The van der Waals surface area contributed by atoms with Crippen molar-refractivity contribution in [3.05, 3.63) is 22.7 Å². The Hall–Kier alpha value is -1.48. The molecule has 8 heteroatoms. The van der Waals surface area contributed by atoms with Gasteiger partial charge in [-0.05, 0) is 13.0 Å². The van der Waals surface area contributed by atoms with Gasteiger partial charge in [0.05, 0.1) is 6.61 Å². The van der Waals surface area contributed by atoms with Crippen LogP contribution in [-0.2, 0) is 4.74 Å². The van der Waals surface area contributed by atoms with E-state index in [2.05, 4.69) is 4.98 Å². The molecule has 4 atom stereocenters. The summed E-state index contributed by atoms with van der Waals surface area (Å²) in [6, 6.07) is 1.37. The first kappa shape index (κ1) is 13.0. The van der Waals surface area contributed by atoms with Crippen molar-refractivity contribution in [1.82, 2.24) is 9.55 Å². The second-order valence-corrected chi connectivity index (χ2v) is 4.42. The van der Waals surface area contributed by atoms with Gasteiger partial charge in [0, 0.05) is 6.20 Å². The van der Waals surface area contributed by atoms with Crippen LogP contribution in [0.3, 0.4) is 0 Å². The Morgan fingerprint density at radius 2 is 2.33 bits per heavy atom. The number of nitrogens with two attached hydrogens (primary N) is 1. The molecule has 2 heterocycles. The molecule has 1 fully saturated rings. The fourth-order valence-electron chi connectivity index (χ4n) is 1.99. The van der Waals surface area contributed by atoms with Crippen molar-refractivity contribution in [1.29, 1.82) is 0 Å². The van der Waals surface area contributed by atoms with Crippen LogP contribution in [0, 0.1) is 0 Å². The highest BCUT2D eigenvalue weighted by molar-refractivity contribution is 5.23. The van der Waals surface area contributed by atoms with E-state index in [1.807, 2.05) is 0 Å². The molecule has 2 rings (SSSR count). The molecule has 100 valence electrons. The summed E-state index contributed by atoms with van der Waals surface area (Å²) in [5, 5.41) is 29.0. The minimum atomic E-state index is -1.71. The minimum absolute atomic E-state index is 0.0492. The van der Waals surface area contributed by atoms with Crippen LogP contribution in [0.15, 0.2) is 17.1 Å². The highest BCUT2D eigenvalue weighted by Crippen LogP contribution is 2.37. The van der Waals surface area contributed by atoms with E-state index in [1.165, 1.54) is 19.2 Å². The standard InChI is InChI=1S/C10H15N3O5/c1-10(17)7(15)5(4-14)18-8(10)13-3-2-6(11)12-9(13)16/h2-3,5,7-8,14-15,17H,4H2,1H3,(H2,11,12,16)/t5-,7?,8+,10?/m0/s1. The number of nitrogen functional groups attached to an aromatic ring is 1. The Balaban J connectivity index is 2.42. The third kappa shape index (κ3) is 1.89. The zero-order valence-electron chi connectivity index (χ0n) is 9.72. The molecule has 5 N–H and O–H groups in total. The number of hydrogen-bond donors (Lipinski definition) is 4. The smallest absolute Gasteiger partial charge is 0.351 e. The van der Waals surface area contributed by atoms with Crippen molar-refractivity contribution in [3.63, 3.8) is 0 Å². The molecule has 0 radical (unpaired) electrons. The summed E-state index contributed by atoms with van der Waals surface area (Å²) in [5.74, 6) is 0.0492. The van der Waals surface area contributed by atoms with Crippen LogP contribution in [0.5, 0.6) is 0 Å². The van der Waals surface area contributed by atoms with Crippen molar-refractivity contribution >= 4 is 5.82 Å². The molecule has 0 saturated carbocycles. The van der Waals surface area contributed by atoms with E-state index in [4.69, 9.17) is 15.6 Å². The first-order valence-electron chi connectivity index (χ1n) is 5.39. The van der Waals surface area contributed by atoms with E-state index < -0.39 is 36.3 Å². The van der Waals surface area contributed by atoms with Crippen molar-refractivity contribution in [2.45, 2.75) is 31.0 Å². The predicted molar refractivity (Wildman–Crippen MR) is 60.5 cm³/mol. The molecule has 18 heavy (non-hydrogen) atoms. The zero-order chi connectivity index (χ0) is 13.5. The molecule has 2 unspecified atom stereocenters. The summed E-state index contributed by atoms with van der Waals surface area (Å²) in [5.41, 5.74) is 2.94. The number of aromatic nitrogens is 2. The van der Waals surface area contributed by atoms with E-state index >= 15 is 0 Å². The largest absolute Gasteiger partial charge is 0.394 e. The molecule has 1 aromatic rings. The molecule has 0 aliphatic carbocycles. The fourth-order valence-corrected chi connectivity index (χ4v) is 1.99. The lowest BCUT2D eigenvalue weighted by Crippen LogP contribution is -2.46. The van der Waals surface area contributed by atoms with Crippen LogP contribution in [0.1, 0.15) is 13.2 Å². The molecule has 1 aliphatic heterocycles. The van der Waals surface area contributed by atoms with Gasteiger partial charge in [-0.3, -0.25) is 4.57 Å². The van der Waals surface area contributed by atoms with Gasteiger partial charge in [-0.25, -0.2) is 4.79 Å². The summed E-state index contributed by atoms with van der Waals surface area (Å²) in [6.07, 6.45) is -2.09. The fraction of sp³-hybridized carbons (Fsp3) is 0.600. The quantitative estimate of drug-likeness (QED) is 0.474. The van der Waals surface area contributed by atoms with Crippen molar-refractivity contribution in [2.75, 3.05) is 12.3 Å². The number of aliphatic hydroxyl groups is 3. The summed E-state index contributed by atoms with van der Waals surface area (Å²) in [4.78, 5) is 15.2. The van der Waals surface area contributed by atoms with Crippen molar-refractivity contribution in [3.8, 4) is 0 Å². The lowest BCUT2D eigenvalue weighted by molar-refractivity contribution is -0.0986. The van der Waals surface area contributed by atoms with Gasteiger partial charge in [0.1, 0.15) is 23.6 Å². The van der Waals surface area contributed by atoms with Gasteiger partial charge in [0.15, 0.2) is 6.23 Å². The van der Waals surface area contributed by atoms with E-state index in [0.29, 0.717) is 0 Å². The molecule has 1 saturated heterocycles. The molecule has 1 aliphatic rings. The average Bonchev–Trinajstić information content (AvgIpc) is 2.52. The van der Waals surface area contributed by atoms with E-state index in [0.717, 1.165) is 4.57 Å². The predicted octanol–water partition coefficient (Wildman–Crippen LogP) is -2.17. The van der Waals surface area contributed by atoms with Crippen LogP contribution in [0.2, 0.25) is 0 Å². The molecule has 0 spiro atoms. The number of aliphatic hydroxyl groups excluding tert-OH is 2. The Labute approximate surface area is 102 Å². The summed E-state index contributed by atoms with van der Waals surface area (Å²) in [7, 11) is 0. The first-order valence-corrected chi connectivity index (χ1v) is 5.39. The number of nitrogens with zero attached hydrogens (tertiary/aromatic N) is 2. The van der Waals surface area contributed by atoms with Gasteiger partial charge in [-0.1, -0.05) is 0 Å². The summed E-state index contributed by atoms with van der Waals surface area (Å²) in [6.45, 7) is 0.853. The number of ether oxygens (including phenoxy) is 1. The van der Waals surface area contributed by atoms with Gasteiger partial charge in [-0.15, -0.1) is 0 Å². The Morgan fingerprint density at radius 1 is 1.67 bits per heavy atom. The van der Waals surface area contributed by atoms with Gasteiger partial charge in [0.25, 0.3) is 0 Å². The molecular weight excluding hydrogens is 242 g/mol. The van der Waals surface area contributed by atoms with E-state index in [1.54, 1.807) is 0 Å². The Morgan fingerprint density at radius 3 is 2.83 bits per heavy atom. The van der Waals surface area contributed by atoms with Gasteiger partial charge < -0.3 is 25.8 Å². The lowest BCUT2D eigenvalue weighted by atomic mass is 9.96. The SMILES string of the molecule is CC1(O)C(O)[C@H](CO)O[C@H]1n1ccc(N)nc1=O. The number of anilines is 1. The summed E-state index contributed by atoms with van der Waals surface area (Å²) >= 11 is 0. The van der Waals surface area contributed by atoms with Crippen LogP contribution < -0.4 is 11.4 Å². The summed E-state index contributed by atoms with van der Waals surface area (Å²) < 4.78 is 6.30. The molecule has 0 amide bonds. The monoisotopic (exact) mass is 257 g/mol. The van der Waals surface area contributed by atoms with E-state index in [-0.39, 0.29) is 5.82 Å². The molecule has 0 bridgehead atoms. The average molecular weight is 257 g/mol. The van der Waals surface area contributed by atoms with Crippen LogP contribution in [-0.4, -0.2) is 49.3 Å². The van der Waals surface area contributed by atoms with Crippen LogP contribution >= 0.6 is 0 Å². The maximum atomic E-state index is 11.7. The van der Waals surface area contributed by atoms with Crippen molar-refractivity contribution < 1.29 is 20.1 Å². The Bertz CT molecular complexity index is 501. The van der Waals surface area contributed by atoms with Gasteiger partial charge in [-0.2, -0.15) is 4.98 Å². The molecule has 1 aromatic heterocycles. The lowest BCUT2D eigenvalue weighted by Gasteiger charge is -2.27. The topological polar surface area (TPSA) is 131 Å². The molecule has 8 nitrogen and oxygen atoms in total. The second kappa shape index (κ2) is 4.32. The van der Waals surface area contributed by atoms with Gasteiger partial charge in [0.2, 0.25) is 0 Å². The normalized spacial score (nSPS) is 35.9. The first-order chi connectivity index (χ1) is 8.37. The zero-order valence-corrected chi connectivity index (χ0v) is 9.72. The number of rotatable bonds is 2. The third-order valence-electron chi connectivity index (χ3n) is 3.04.